The van der Waals surface area contributed by atoms with Gasteiger partial charge in [-0.1, -0.05) is 0 Å². The Morgan fingerprint density at radius 2 is 1.85 bits per heavy atom. The first-order chi connectivity index (χ1) is 12.6. The average molecular weight is 354 g/mol. The van der Waals surface area contributed by atoms with Crippen LogP contribution in [0.2, 0.25) is 0 Å². The summed E-state index contributed by atoms with van der Waals surface area (Å²) in [5.74, 6) is 1.04. The average Bonchev–Trinajstić information content (AvgIpc) is 3.08. The third kappa shape index (κ3) is 3.24. The van der Waals surface area contributed by atoms with Crippen molar-refractivity contribution in [3.8, 4) is 0 Å². The predicted molar refractivity (Wildman–Crippen MR) is 98.7 cm³/mol. The Morgan fingerprint density at radius 3 is 2.58 bits per heavy atom. The van der Waals surface area contributed by atoms with Crippen molar-refractivity contribution < 1.29 is 4.79 Å². The zero-order valence-electron chi connectivity index (χ0n) is 15.5. The molecule has 0 N–H and O–H groups in total. The van der Waals surface area contributed by atoms with Gasteiger partial charge in [0.25, 0.3) is 5.91 Å². The van der Waals surface area contributed by atoms with Gasteiger partial charge in [-0.15, -0.1) is 0 Å². The molecule has 0 bridgehead atoms. The number of imidazole rings is 1. The molecule has 1 amide bonds. The fourth-order valence-corrected chi connectivity index (χ4v) is 3.86. The van der Waals surface area contributed by atoms with Crippen molar-refractivity contribution in [3.05, 3.63) is 47.8 Å². The number of carbonyl (C=O) groups is 1. The molecule has 1 atom stereocenters. The van der Waals surface area contributed by atoms with Gasteiger partial charge in [-0.05, 0) is 26.1 Å². The maximum absolute atomic E-state index is 12.8. The molecule has 1 saturated heterocycles. The van der Waals surface area contributed by atoms with Gasteiger partial charge in [0.1, 0.15) is 5.82 Å². The number of rotatable bonds is 3. The van der Waals surface area contributed by atoms with Gasteiger partial charge < -0.3 is 14.4 Å². The fraction of sp³-hybridized carbons (Fsp3) is 0.526. The third-order valence-corrected chi connectivity index (χ3v) is 5.54. The monoisotopic (exact) mass is 354 g/mol. The molecule has 7 heteroatoms. The number of carbonyl (C=O) groups excluding carboxylic acids is 1. The van der Waals surface area contributed by atoms with Crippen molar-refractivity contribution in [2.75, 3.05) is 39.8 Å². The molecule has 4 heterocycles. The molecule has 2 aromatic rings. The number of pyridine rings is 1. The van der Waals surface area contributed by atoms with E-state index in [2.05, 4.69) is 38.3 Å². The number of amides is 1. The summed E-state index contributed by atoms with van der Waals surface area (Å²) in [4.78, 5) is 28.3. The van der Waals surface area contributed by atoms with Crippen molar-refractivity contribution in [1.29, 1.82) is 0 Å². The number of nitrogens with zero attached hydrogens (tertiary/aromatic N) is 6. The van der Waals surface area contributed by atoms with Crippen LogP contribution in [0.5, 0.6) is 0 Å². The molecule has 7 nitrogen and oxygen atoms in total. The normalized spacial score (nSPS) is 21.6. The Balaban J connectivity index is 1.49. The predicted octanol–water partition coefficient (Wildman–Crippen LogP) is 1.24. The van der Waals surface area contributed by atoms with Crippen molar-refractivity contribution in [2.45, 2.75) is 26.1 Å². The first-order valence-corrected chi connectivity index (χ1v) is 9.29. The highest BCUT2D eigenvalue weighted by Crippen LogP contribution is 2.27. The van der Waals surface area contributed by atoms with E-state index in [0.29, 0.717) is 12.1 Å². The molecular weight excluding hydrogens is 328 g/mol. The number of fused-ring (bicyclic) bond motifs is 1. The number of piperazine rings is 1. The van der Waals surface area contributed by atoms with Crippen LogP contribution in [-0.4, -0.2) is 74.9 Å². The topological polar surface area (TPSA) is 57.5 Å². The Bertz CT molecular complexity index is 766. The summed E-state index contributed by atoms with van der Waals surface area (Å²) in [5.41, 5.74) is 1.94. The zero-order chi connectivity index (χ0) is 18.1. The van der Waals surface area contributed by atoms with Crippen LogP contribution in [-0.2, 0) is 13.1 Å². The first kappa shape index (κ1) is 17.2. The molecule has 4 rings (SSSR count). The van der Waals surface area contributed by atoms with Crippen LogP contribution in [0.3, 0.4) is 0 Å². The second-order valence-corrected chi connectivity index (χ2v) is 7.25. The lowest BCUT2D eigenvalue weighted by Crippen LogP contribution is -2.45. The summed E-state index contributed by atoms with van der Waals surface area (Å²) < 4.78 is 2.30. The van der Waals surface area contributed by atoms with E-state index in [4.69, 9.17) is 0 Å². The highest BCUT2D eigenvalue weighted by atomic mass is 16.2. The lowest BCUT2D eigenvalue weighted by atomic mass is 10.1. The van der Waals surface area contributed by atoms with Crippen molar-refractivity contribution in [2.24, 2.45) is 0 Å². The molecule has 138 valence electrons. The van der Waals surface area contributed by atoms with Crippen molar-refractivity contribution >= 4 is 5.91 Å². The quantitative estimate of drug-likeness (QED) is 0.830. The maximum atomic E-state index is 12.8. The second kappa shape index (κ2) is 7.17. The number of hydrogen-bond donors (Lipinski definition) is 0. The number of aromatic nitrogens is 3. The lowest BCUT2D eigenvalue weighted by molar-refractivity contribution is 0.0633. The number of likely N-dealkylation sites (N-methyl/N-ethyl adjacent to an activating group) is 1. The van der Waals surface area contributed by atoms with Gasteiger partial charge in [0, 0.05) is 70.0 Å². The second-order valence-electron chi connectivity index (χ2n) is 7.25. The molecule has 0 spiro atoms. The van der Waals surface area contributed by atoms with E-state index in [0.717, 1.165) is 45.1 Å². The molecule has 0 radical (unpaired) electrons. The van der Waals surface area contributed by atoms with Crippen molar-refractivity contribution in [1.82, 2.24) is 29.2 Å². The molecule has 26 heavy (non-hydrogen) atoms. The molecular formula is C19H26N6O. The van der Waals surface area contributed by atoms with E-state index < -0.39 is 0 Å². The van der Waals surface area contributed by atoms with Crippen LogP contribution in [0.4, 0.5) is 0 Å². The van der Waals surface area contributed by atoms with E-state index in [-0.39, 0.29) is 11.9 Å². The van der Waals surface area contributed by atoms with Gasteiger partial charge >= 0.3 is 0 Å². The van der Waals surface area contributed by atoms with Crippen LogP contribution >= 0.6 is 0 Å². The van der Waals surface area contributed by atoms with Gasteiger partial charge in [0.15, 0.2) is 0 Å². The van der Waals surface area contributed by atoms with Gasteiger partial charge in [0.2, 0.25) is 0 Å². The summed E-state index contributed by atoms with van der Waals surface area (Å²) in [7, 11) is 2.17. The molecule has 0 unspecified atom stereocenters. The SMILES string of the molecule is C[C@@H]1c2ncc(CN3CCN(C)CC3)n2CCN1C(=O)c1ccncc1. The van der Waals surface area contributed by atoms with Gasteiger partial charge in [-0.3, -0.25) is 14.7 Å². The molecule has 0 saturated carbocycles. The Labute approximate surface area is 154 Å². The van der Waals surface area contributed by atoms with E-state index in [1.807, 2.05) is 11.1 Å². The zero-order valence-corrected chi connectivity index (χ0v) is 15.5. The number of hydrogen-bond acceptors (Lipinski definition) is 5. The summed E-state index contributed by atoms with van der Waals surface area (Å²) in [5, 5.41) is 0. The van der Waals surface area contributed by atoms with Gasteiger partial charge in [-0.2, -0.15) is 0 Å². The molecule has 2 aliphatic heterocycles. The Kier molecular flexibility index (Phi) is 4.74. The summed E-state index contributed by atoms with van der Waals surface area (Å²) in [6, 6.07) is 3.52. The minimum absolute atomic E-state index is 0.0225. The lowest BCUT2D eigenvalue weighted by Gasteiger charge is -2.36. The minimum Gasteiger partial charge on any atom is -0.327 e. The fourth-order valence-electron chi connectivity index (χ4n) is 3.86. The van der Waals surface area contributed by atoms with Crippen LogP contribution in [0.15, 0.2) is 30.7 Å². The highest BCUT2D eigenvalue weighted by Gasteiger charge is 2.31. The summed E-state index contributed by atoms with van der Waals surface area (Å²) in [6.45, 7) is 8.94. The third-order valence-electron chi connectivity index (χ3n) is 5.54. The molecule has 0 aromatic carbocycles. The van der Waals surface area contributed by atoms with Crippen LogP contribution in [0.25, 0.3) is 0 Å². The van der Waals surface area contributed by atoms with E-state index >= 15 is 0 Å². The Morgan fingerprint density at radius 1 is 1.12 bits per heavy atom. The van der Waals surface area contributed by atoms with Crippen LogP contribution in [0.1, 0.15) is 34.8 Å². The van der Waals surface area contributed by atoms with E-state index in [1.54, 1.807) is 24.5 Å². The molecule has 1 fully saturated rings. The summed E-state index contributed by atoms with van der Waals surface area (Å²) >= 11 is 0. The minimum atomic E-state index is -0.0225. The van der Waals surface area contributed by atoms with E-state index in [9.17, 15) is 4.79 Å². The Hall–Kier alpha value is -2.25. The van der Waals surface area contributed by atoms with Crippen LogP contribution in [0, 0.1) is 0 Å². The van der Waals surface area contributed by atoms with Crippen LogP contribution < -0.4 is 0 Å². The van der Waals surface area contributed by atoms with E-state index in [1.165, 1.54) is 5.69 Å². The smallest absolute Gasteiger partial charge is 0.254 e. The maximum Gasteiger partial charge on any atom is 0.254 e. The largest absolute Gasteiger partial charge is 0.327 e. The molecule has 0 aliphatic carbocycles. The molecule has 2 aliphatic rings. The van der Waals surface area contributed by atoms with Gasteiger partial charge in [0.05, 0.1) is 11.7 Å². The first-order valence-electron chi connectivity index (χ1n) is 9.29. The molecule has 2 aromatic heterocycles. The highest BCUT2D eigenvalue weighted by molar-refractivity contribution is 5.94. The standard InChI is InChI=1S/C19H26N6O/c1-15-18-21-13-17(14-23-9-7-22(2)8-10-23)25(18)12-11-24(15)19(26)16-3-5-20-6-4-16/h3-6,13,15H,7-12,14H2,1-2H3/t15-/m1/s1. The summed E-state index contributed by atoms with van der Waals surface area (Å²) in [6.07, 6.45) is 5.32. The van der Waals surface area contributed by atoms with Crippen molar-refractivity contribution in [3.63, 3.8) is 0 Å². The van der Waals surface area contributed by atoms with Gasteiger partial charge in [-0.25, -0.2) is 4.98 Å².